The van der Waals surface area contributed by atoms with Crippen LogP contribution in [0.2, 0.25) is 0 Å². The lowest BCUT2D eigenvalue weighted by Gasteiger charge is -2.22. The molecule has 1 aromatic carbocycles. The fourth-order valence-electron chi connectivity index (χ4n) is 2.64. The molecule has 2 heterocycles. The molecule has 0 aliphatic carbocycles. The second-order valence-corrected chi connectivity index (χ2v) is 5.67. The van der Waals surface area contributed by atoms with Gasteiger partial charge in [-0.15, -0.1) is 0 Å². The molecule has 0 spiro atoms. The summed E-state index contributed by atoms with van der Waals surface area (Å²) in [5.74, 6) is 0.574. The number of rotatable bonds is 4. The normalized spacial score (nSPS) is 17.5. The maximum absolute atomic E-state index is 12.3. The van der Waals surface area contributed by atoms with E-state index in [0.29, 0.717) is 11.7 Å². The Morgan fingerprint density at radius 2 is 1.95 bits per heavy atom. The zero-order valence-corrected chi connectivity index (χ0v) is 12.6. The molecule has 0 bridgehead atoms. The van der Waals surface area contributed by atoms with Crippen LogP contribution in [0.15, 0.2) is 34.9 Å². The molecule has 2 atom stereocenters. The monoisotopic (exact) mass is 300 g/mol. The van der Waals surface area contributed by atoms with Crippen LogP contribution in [0.3, 0.4) is 0 Å². The van der Waals surface area contributed by atoms with Crippen molar-refractivity contribution >= 4 is 5.91 Å². The van der Waals surface area contributed by atoms with Gasteiger partial charge in [-0.2, -0.15) is 4.98 Å². The lowest BCUT2D eigenvalue weighted by atomic mass is 10.0. The minimum Gasteiger partial charge on any atom is -0.341 e. The van der Waals surface area contributed by atoms with Gasteiger partial charge in [0.05, 0.1) is 12.0 Å². The van der Waals surface area contributed by atoms with Gasteiger partial charge in [-0.05, 0) is 12.8 Å². The Morgan fingerprint density at radius 3 is 2.64 bits per heavy atom. The molecule has 1 amide bonds. The van der Waals surface area contributed by atoms with Gasteiger partial charge in [-0.3, -0.25) is 4.79 Å². The number of amides is 1. The fraction of sp³-hybridized carbons (Fsp3) is 0.438. The van der Waals surface area contributed by atoms with Crippen LogP contribution in [0.1, 0.15) is 31.6 Å². The summed E-state index contributed by atoms with van der Waals surface area (Å²) in [5, 5.41) is 3.98. The van der Waals surface area contributed by atoms with Gasteiger partial charge >= 0.3 is 0 Å². The number of likely N-dealkylation sites (tertiary alicyclic amines) is 1. The summed E-state index contributed by atoms with van der Waals surface area (Å²) >= 11 is 0. The van der Waals surface area contributed by atoms with Crippen molar-refractivity contribution in [2.24, 2.45) is 5.73 Å². The highest BCUT2D eigenvalue weighted by Crippen LogP contribution is 2.22. The van der Waals surface area contributed by atoms with Crippen molar-refractivity contribution in [3.63, 3.8) is 0 Å². The minimum absolute atomic E-state index is 0.0375. The third-order valence-electron chi connectivity index (χ3n) is 4.10. The first-order valence-corrected chi connectivity index (χ1v) is 7.60. The molecular weight excluding hydrogens is 280 g/mol. The summed E-state index contributed by atoms with van der Waals surface area (Å²) in [6.07, 6.45) is 2.09. The van der Waals surface area contributed by atoms with Gasteiger partial charge in [0.2, 0.25) is 17.6 Å². The molecule has 2 N–H and O–H groups in total. The molecule has 6 nitrogen and oxygen atoms in total. The number of nitrogens with zero attached hydrogens (tertiary/aromatic N) is 3. The standard InChI is InChI=1S/C16H20N4O2/c1-11(13(17)16(21)20-9-5-6-10-20)15-18-14(19-22-15)12-7-3-2-4-8-12/h2-4,7-8,11,13H,5-6,9-10,17H2,1H3/t11-,13-/m0/s1. The van der Waals surface area contributed by atoms with Crippen molar-refractivity contribution in [1.29, 1.82) is 0 Å². The summed E-state index contributed by atoms with van der Waals surface area (Å²) in [4.78, 5) is 18.5. The molecule has 1 fully saturated rings. The van der Waals surface area contributed by atoms with Crippen LogP contribution in [-0.2, 0) is 4.79 Å². The molecule has 1 saturated heterocycles. The van der Waals surface area contributed by atoms with E-state index in [-0.39, 0.29) is 11.8 Å². The zero-order chi connectivity index (χ0) is 15.5. The van der Waals surface area contributed by atoms with Crippen LogP contribution in [0, 0.1) is 0 Å². The van der Waals surface area contributed by atoms with Crippen molar-refractivity contribution in [3.8, 4) is 11.4 Å². The molecule has 1 aromatic heterocycles. The van der Waals surface area contributed by atoms with E-state index in [4.69, 9.17) is 10.3 Å². The van der Waals surface area contributed by atoms with Crippen molar-refractivity contribution in [2.75, 3.05) is 13.1 Å². The van der Waals surface area contributed by atoms with Crippen molar-refractivity contribution in [1.82, 2.24) is 15.0 Å². The number of benzene rings is 1. The molecular formula is C16H20N4O2. The topological polar surface area (TPSA) is 85.2 Å². The Morgan fingerprint density at radius 1 is 1.27 bits per heavy atom. The summed E-state index contributed by atoms with van der Waals surface area (Å²) in [5.41, 5.74) is 6.98. The van der Waals surface area contributed by atoms with E-state index in [1.54, 1.807) is 0 Å². The van der Waals surface area contributed by atoms with E-state index in [1.807, 2.05) is 42.2 Å². The molecule has 116 valence electrons. The van der Waals surface area contributed by atoms with Gasteiger partial charge in [0.25, 0.3) is 0 Å². The Kier molecular flexibility index (Phi) is 4.20. The third kappa shape index (κ3) is 2.87. The quantitative estimate of drug-likeness (QED) is 0.930. The summed E-state index contributed by atoms with van der Waals surface area (Å²) < 4.78 is 5.30. The first kappa shape index (κ1) is 14.7. The van der Waals surface area contributed by atoms with Crippen LogP contribution in [0.5, 0.6) is 0 Å². The second kappa shape index (κ2) is 6.27. The zero-order valence-electron chi connectivity index (χ0n) is 12.6. The SMILES string of the molecule is C[C@H](c1nc(-c2ccccc2)no1)[C@H](N)C(=O)N1CCCC1. The molecule has 1 aliphatic heterocycles. The Labute approximate surface area is 129 Å². The molecule has 3 rings (SSSR count). The Bertz CT molecular complexity index is 635. The Hall–Kier alpha value is -2.21. The van der Waals surface area contributed by atoms with E-state index >= 15 is 0 Å². The molecule has 22 heavy (non-hydrogen) atoms. The summed E-state index contributed by atoms with van der Waals surface area (Å²) in [6.45, 7) is 3.43. The highest BCUT2D eigenvalue weighted by Gasteiger charge is 2.31. The smallest absolute Gasteiger partial charge is 0.240 e. The first-order chi connectivity index (χ1) is 10.7. The number of carbonyl (C=O) groups excluding carboxylic acids is 1. The molecule has 2 aromatic rings. The average Bonchev–Trinajstić information content (AvgIpc) is 3.25. The van der Waals surface area contributed by atoms with Crippen LogP contribution >= 0.6 is 0 Å². The average molecular weight is 300 g/mol. The fourth-order valence-corrected chi connectivity index (χ4v) is 2.64. The Balaban J connectivity index is 1.73. The lowest BCUT2D eigenvalue weighted by Crippen LogP contribution is -2.45. The van der Waals surface area contributed by atoms with E-state index in [1.165, 1.54) is 0 Å². The van der Waals surface area contributed by atoms with Gasteiger partial charge < -0.3 is 15.2 Å². The van der Waals surface area contributed by atoms with E-state index < -0.39 is 6.04 Å². The van der Waals surface area contributed by atoms with Gasteiger partial charge in [0, 0.05) is 18.7 Å². The lowest BCUT2D eigenvalue weighted by molar-refractivity contribution is -0.132. The van der Waals surface area contributed by atoms with Crippen molar-refractivity contribution in [2.45, 2.75) is 31.7 Å². The first-order valence-electron chi connectivity index (χ1n) is 7.60. The number of nitrogens with two attached hydrogens (primary N) is 1. The predicted octanol–water partition coefficient (Wildman–Crippen LogP) is 1.79. The van der Waals surface area contributed by atoms with E-state index in [9.17, 15) is 4.79 Å². The number of hydrogen-bond acceptors (Lipinski definition) is 5. The minimum atomic E-state index is -0.651. The van der Waals surface area contributed by atoms with Gasteiger partial charge in [-0.25, -0.2) is 0 Å². The van der Waals surface area contributed by atoms with E-state index in [2.05, 4.69) is 10.1 Å². The largest absolute Gasteiger partial charge is 0.341 e. The predicted molar refractivity (Wildman–Crippen MR) is 81.9 cm³/mol. The van der Waals surface area contributed by atoms with Crippen molar-refractivity contribution < 1.29 is 9.32 Å². The van der Waals surface area contributed by atoms with Crippen LogP contribution in [0.4, 0.5) is 0 Å². The number of aromatic nitrogens is 2. The molecule has 0 unspecified atom stereocenters. The maximum atomic E-state index is 12.3. The molecule has 0 radical (unpaired) electrons. The van der Waals surface area contributed by atoms with Gasteiger partial charge in [-0.1, -0.05) is 42.4 Å². The highest BCUT2D eigenvalue weighted by atomic mass is 16.5. The second-order valence-electron chi connectivity index (χ2n) is 5.67. The molecule has 0 saturated carbocycles. The summed E-state index contributed by atoms with van der Waals surface area (Å²) in [7, 11) is 0. The maximum Gasteiger partial charge on any atom is 0.240 e. The van der Waals surface area contributed by atoms with Crippen LogP contribution in [0.25, 0.3) is 11.4 Å². The summed E-state index contributed by atoms with van der Waals surface area (Å²) in [6, 6.07) is 8.93. The van der Waals surface area contributed by atoms with Gasteiger partial charge in [0.1, 0.15) is 0 Å². The van der Waals surface area contributed by atoms with Crippen molar-refractivity contribution in [3.05, 3.63) is 36.2 Å². The number of carbonyl (C=O) groups is 1. The van der Waals surface area contributed by atoms with Gasteiger partial charge in [0.15, 0.2) is 0 Å². The molecule has 6 heteroatoms. The highest BCUT2D eigenvalue weighted by molar-refractivity contribution is 5.82. The van der Waals surface area contributed by atoms with Crippen LogP contribution < -0.4 is 5.73 Å². The van der Waals surface area contributed by atoms with Crippen LogP contribution in [-0.4, -0.2) is 40.1 Å². The molecule has 1 aliphatic rings. The number of hydrogen-bond donors (Lipinski definition) is 1. The van der Waals surface area contributed by atoms with E-state index in [0.717, 1.165) is 31.5 Å². The third-order valence-corrected chi connectivity index (χ3v) is 4.10.